The summed E-state index contributed by atoms with van der Waals surface area (Å²) in [6, 6.07) is 3.05. The van der Waals surface area contributed by atoms with Crippen molar-refractivity contribution in [2.75, 3.05) is 5.32 Å². The maximum Gasteiger partial charge on any atom is 0.229 e. The van der Waals surface area contributed by atoms with E-state index in [4.69, 9.17) is 4.98 Å². The number of nitrogens with zero attached hydrogens (tertiary/aromatic N) is 7. The van der Waals surface area contributed by atoms with E-state index in [-0.39, 0.29) is 11.8 Å². The van der Waals surface area contributed by atoms with Gasteiger partial charge in [-0.1, -0.05) is 13.8 Å². The van der Waals surface area contributed by atoms with Gasteiger partial charge in [-0.15, -0.1) is 0 Å². The summed E-state index contributed by atoms with van der Waals surface area (Å²) in [5.74, 6) is 2.00. The van der Waals surface area contributed by atoms with E-state index in [0.717, 1.165) is 65.8 Å². The van der Waals surface area contributed by atoms with Gasteiger partial charge in [0.2, 0.25) is 11.0 Å². The van der Waals surface area contributed by atoms with Gasteiger partial charge in [0.05, 0.1) is 18.3 Å². The number of aryl methyl sites for hydroxylation is 2. The third kappa shape index (κ3) is 3.64. The number of carbonyl (C=O) groups excluding carboxylic acids is 1. The van der Waals surface area contributed by atoms with Gasteiger partial charge >= 0.3 is 0 Å². The van der Waals surface area contributed by atoms with Gasteiger partial charge in [-0.25, -0.2) is 15.0 Å². The Bertz CT molecular complexity index is 1380. The van der Waals surface area contributed by atoms with Crippen LogP contribution in [0.25, 0.3) is 22.1 Å². The number of carbonyl (C=O) groups is 1. The quantitative estimate of drug-likeness (QED) is 0.404. The van der Waals surface area contributed by atoms with Crippen molar-refractivity contribution >= 4 is 50.5 Å². The molecule has 6 rings (SSSR count). The minimum atomic E-state index is 0.247. The second-order valence-electron chi connectivity index (χ2n) is 9.81. The monoisotopic (exact) mass is 478 g/mol. The average Bonchev–Trinajstić information content (AvgIpc) is 3.70. The summed E-state index contributed by atoms with van der Waals surface area (Å²) in [6.07, 6.45) is 6.82. The van der Waals surface area contributed by atoms with Crippen LogP contribution in [0.2, 0.25) is 0 Å². The molecule has 2 aliphatic rings. The third-order valence-electron chi connectivity index (χ3n) is 6.79. The molecule has 2 fully saturated rings. The summed E-state index contributed by atoms with van der Waals surface area (Å²) in [4.78, 5) is 29.7. The van der Waals surface area contributed by atoms with Gasteiger partial charge in [-0.3, -0.25) is 4.79 Å². The molecule has 4 aromatic heterocycles. The van der Waals surface area contributed by atoms with Gasteiger partial charge < -0.3 is 19.4 Å². The van der Waals surface area contributed by atoms with E-state index in [1.165, 1.54) is 11.5 Å². The first-order chi connectivity index (χ1) is 16.4. The van der Waals surface area contributed by atoms with Gasteiger partial charge in [0.15, 0.2) is 5.82 Å². The molecule has 0 aromatic carbocycles. The SMILES string of the molecule is CCn1c(CC(=O)N(C2CC2)C2CC2)cc2c3c(ncn3C)c(Nc3nc(C(C)C)ns3)nc21. The minimum absolute atomic E-state index is 0.247. The second kappa shape index (κ2) is 8.04. The molecule has 4 heterocycles. The first-order valence-corrected chi connectivity index (χ1v) is 13.0. The number of pyridine rings is 1. The Morgan fingerprint density at radius 2 is 1.97 bits per heavy atom. The summed E-state index contributed by atoms with van der Waals surface area (Å²) in [7, 11) is 2.00. The highest BCUT2D eigenvalue weighted by molar-refractivity contribution is 7.09. The largest absolute Gasteiger partial charge is 0.336 e. The highest BCUT2D eigenvalue weighted by atomic mass is 32.1. The van der Waals surface area contributed by atoms with Gasteiger partial charge in [-0.2, -0.15) is 4.37 Å². The number of aromatic nitrogens is 6. The molecule has 0 radical (unpaired) electrons. The van der Waals surface area contributed by atoms with Gasteiger partial charge in [0, 0.05) is 54.2 Å². The van der Waals surface area contributed by atoms with Gasteiger partial charge in [0.1, 0.15) is 17.0 Å². The molecule has 0 atom stereocenters. The van der Waals surface area contributed by atoms with Crippen LogP contribution in [0.15, 0.2) is 12.4 Å². The number of imidazole rings is 1. The molecule has 10 heteroatoms. The van der Waals surface area contributed by atoms with Crippen LogP contribution in [0.4, 0.5) is 10.9 Å². The highest BCUT2D eigenvalue weighted by Crippen LogP contribution is 2.38. The zero-order valence-corrected chi connectivity index (χ0v) is 20.9. The van der Waals surface area contributed by atoms with Crippen LogP contribution >= 0.6 is 11.5 Å². The lowest BCUT2D eigenvalue weighted by atomic mass is 10.2. The molecule has 178 valence electrons. The molecule has 0 bridgehead atoms. The Kier molecular flexibility index (Phi) is 5.09. The maximum absolute atomic E-state index is 13.3. The minimum Gasteiger partial charge on any atom is -0.336 e. The number of hydrogen-bond donors (Lipinski definition) is 1. The second-order valence-corrected chi connectivity index (χ2v) is 10.6. The van der Waals surface area contributed by atoms with Crippen LogP contribution in [0.1, 0.15) is 63.9 Å². The van der Waals surface area contributed by atoms with E-state index in [1.807, 2.05) is 17.9 Å². The Labute approximate surface area is 202 Å². The van der Waals surface area contributed by atoms with Crippen molar-refractivity contribution in [3.63, 3.8) is 0 Å². The van der Waals surface area contributed by atoms with Crippen LogP contribution in [0.5, 0.6) is 0 Å². The number of hydrogen-bond acceptors (Lipinski definition) is 7. The highest BCUT2D eigenvalue weighted by Gasteiger charge is 2.42. The molecule has 0 spiro atoms. The van der Waals surface area contributed by atoms with E-state index in [9.17, 15) is 4.79 Å². The van der Waals surface area contributed by atoms with Crippen molar-refractivity contribution in [3.8, 4) is 0 Å². The Morgan fingerprint density at radius 1 is 1.24 bits per heavy atom. The first-order valence-electron chi connectivity index (χ1n) is 12.2. The number of anilines is 2. The van der Waals surface area contributed by atoms with Gasteiger partial charge in [0.25, 0.3) is 0 Å². The fourth-order valence-electron chi connectivity index (χ4n) is 4.83. The van der Waals surface area contributed by atoms with Crippen LogP contribution in [0.3, 0.4) is 0 Å². The van der Waals surface area contributed by atoms with Crippen LogP contribution in [-0.4, -0.2) is 51.4 Å². The van der Waals surface area contributed by atoms with E-state index in [1.54, 1.807) is 0 Å². The molecule has 2 saturated carbocycles. The van der Waals surface area contributed by atoms with E-state index < -0.39 is 0 Å². The molecule has 1 N–H and O–H groups in total. The molecule has 0 unspecified atom stereocenters. The standard InChI is InChI=1S/C24H30N8OS/c1-5-31-16(11-18(33)32(14-6-7-14)15-8-9-15)10-17-20-19(25-12-30(20)4)22(26-23(17)31)28-24-27-21(13(2)3)29-34-24/h10,12-15H,5-9,11H2,1-4H3,(H,26,27,28,29). The van der Waals surface area contributed by atoms with Gasteiger partial charge in [-0.05, 0) is 38.7 Å². The molecule has 34 heavy (non-hydrogen) atoms. The van der Waals surface area contributed by atoms with Crippen molar-refractivity contribution in [3.05, 3.63) is 23.9 Å². The Morgan fingerprint density at radius 3 is 2.59 bits per heavy atom. The number of amides is 1. The summed E-state index contributed by atoms with van der Waals surface area (Å²) in [5, 5.41) is 5.09. The lowest BCUT2D eigenvalue weighted by molar-refractivity contribution is -0.131. The zero-order valence-electron chi connectivity index (χ0n) is 20.1. The molecule has 9 nitrogen and oxygen atoms in total. The summed E-state index contributed by atoms with van der Waals surface area (Å²) in [5.41, 5.74) is 3.67. The molecular formula is C24H30N8OS. The van der Waals surface area contributed by atoms with Crippen LogP contribution < -0.4 is 5.32 Å². The van der Waals surface area contributed by atoms with Crippen molar-refractivity contribution in [2.45, 2.75) is 77.4 Å². The smallest absolute Gasteiger partial charge is 0.229 e. The predicted octanol–water partition coefficient (Wildman–Crippen LogP) is 4.36. The molecule has 1 amide bonds. The number of rotatable bonds is 8. The van der Waals surface area contributed by atoms with Crippen LogP contribution in [0, 0.1) is 0 Å². The third-order valence-corrected chi connectivity index (χ3v) is 7.43. The Hall–Kier alpha value is -3.01. The zero-order chi connectivity index (χ0) is 23.6. The summed E-state index contributed by atoms with van der Waals surface area (Å²) >= 11 is 1.33. The summed E-state index contributed by atoms with van der Waals surface area (Å²) < 4.78 is 8.65. The number of fused-ring (bicyclic) bond motifs is 3. The van der Waals surface area contributed by atoms with E-state index >= 15 is 0 Å². The lowest BCUT2D eigenvalue weighted by Gasteiger charge is -2.22. The maximum atomic E-state index is 13.3. The van der Waals surface area contributed by atoms with E-state index in [2.05, 4.69) is 56.0 Å². The van der Waals surface area contributed by atoms with E-state index in [0.29, 0.717) is 29.5 Å². The van der Waals surface area contributed by atoms with Crippen molar-refractivity contribution in [1.29, 1.82) is 0 Å². The van der Waals surface area contributed by atoms with Crippen molar-refractivity contribution in [1.82, 2.24) is 33.4 Å². The predicted molar refractivity (Wildman–Crippen MR) is 134 cm³/mol. The summed E-state index contributed by atoms with van der Waals surface area (Å²) in [6.45, 7) is 7.01. The number of nitrogens with one attached hydrogen (secondary N) is 1. The Balaban J connectivity index is 1.41. The topological polar surface area (TPSA) is 93.8 Å². The fourth-order valence-corrected chi connectivity index (χ4v) is 5.54. The average molecular weight is 479 g/mol. The molecular weight excluding hydrogens is 448 g/mol. The normalized spacial score (nSPS) is 16.1. The lowest BCUT2D eigenvalue weighted by Crippen LogP contribution is -2.36. The van der Waals surface area contributed by atoms with Crippen molar-refractivity contribution in [2.24, 2.45) is 7.05 Å². The molecule has 0 saturated heterocycles. The van der Waals surface area contributed by atoms with Crippen LogP contribution in [-0.2, 0) is 24.8 Å². The first kappa shape index (κ1) is 21.5. The molecule has 4 aromatic rings. The molecule has 0 aliphatic heterocycles. The van der Waals surface area contributed by atoms with Crippen molar-refractivity contribution < 1.29 is 4.79 Å². The molecule has 2 aliphatic carbocycles. The fraction of sp³-hybridized carbons (Fsp3) is 0.542.